The van der Waals surface area contributed by atoms with E-state index in [1.54, 1.807) is 4.68 Å². The molecule has 0 amide bonds. The summed E-state index contributed by atoms with van der Waals surface area (Å²) in [5.41, 5.74) is 0. The Bertz CT molecular complexity index is 172. The minimum atomic E-state index is 0.854. The summed E-state index contributed by atoms with van der Waals surface area (Å²) < 4.78 is 1.65. The first kappa shape index (κ1) is 5.62. The molecule has 0 aliphatic rings. The lowest BCUT2D eigenvalue weighted by molar-refractivity contribution is 0.712. The summed E-state index contributed by atoms with van der Waals surface area (Å²) in [6.07, 6.45) is 5.39. The van der Waals surface area contributed by atoms with Crippen molar-refractivity contribution < 1.29 is 0 Å². The lowest BCUT2D eigenvalue weighted by Gasteiger charge is -1.78. The number of rotatable bonds is 1. The molecule has 0 bridgehead atoms. The van der Waals surface area contributed by atoms with Crippen LogP contribution >= 0.6 is 11.8 Å². The fraction of sp³-hybridized carbons (Fsp3) is 0.250. The molecule has 0 unspecified atom stereocenters. The Labute approximate surface area is 52.1 Å². The molecule has 1 aromatic rings. The monoisotopic (exact) mass is 128 g/mol. The molecule has 0 N–H and O–H groups in total. The minimum Gasteiger partial charge on any atom is -0.254 e. The lowest BCUT2D eigenvalue weighted by Crippen LogP contribution is -1.85. The topological polar surface area (TPSA) is 30.7 Å². The Morgan fingerprint density at radius 3 is 2.88 bits per heavy atom. The molecule has 1 heterocycles. The van der Waals surface area contributed by atoms with Gasteiger partial charge in [0, 0.05) is 13.3 Å². The molecule has 1 aromatic heterocycles. The number of nitrogens with zero attached hydrogens (tertiary/aromatic N) is 3. The molecule has 0 aliphatic carbocycles. The molecule has 0 spiro atoms. The number of hydrogen-bond donors (Lipinski definition) is 0. The van der Waals surface area contributed by atoms with E-state index in [1.807, 2.05) is 13.2 Å². The second-order valence-corrected chi connectivity index (χ2v) is 2.08. The average Bonchev–Trinajstić information content (AvgIpc) is 2.14. The van der Waals surface area contributed by atoms with Crippen LogP contribution in [0.3, 0.4) is 0 Å². The zero-order chi connectivity index (χ0) is 5.98. The summed E-state index contributed by atoms with van der Waals surface area (Å²) in [4.78, 5) is 0. The molecule has 43 valence electrons. The first-order chi connectivity index (χ1) is 3.83. The summed E-state index contributed by atoms with van der Waals surface area (Å²) in [5.74, 6) is 0. The average molecular weight is 128 g/mol. The van der Waals surface area contributed by atoms with Crippen LogP contribution in [0, 0.1) is 6.26 Å². The van der Waals surface area contributed by atoms with Crippen molar-refractivity contribution in [1.29, 1.82) is 0 Å². The molecule has 8 heavy (non-hydrogen) atoms. The van der Waals surface area contributed by atoms with Crippen LogP contribution in [0.5, 0.6) is 0 Å². The van der Waals surface area contributed by atoms with E-state index in [2.05, 4.69) is 16.6 Å². The van der Waals surface area contributed by atoms with Gasteiger partial charge in [-0.05, 0) is 0 Å². The van der Waals surface area contributed by atoms with Crippen LogP contribution in [-0.4, -0.2) is 15.0 Å². The van der Waals surface area contributed by atoms with Crippen LogP contribution in [0.2, 0.25) is 0 Å². The molecule has 0 fully saturated rings. The largest absolute Gasteiger partial charge is 0.254 e. The van der Waals surface area contributed by atoms with Crippen molar-refractivity contribution in [3.63, 3.8) is 0 Å². The van der Waals surface area contributed by atoms with E-state index in [-0.39, 0.29) is 0 Å². The van der Waals surface area contributed by atoms with Crippen LogP contribution in [0.4, 0.5) is 0 Å². The number of thioether (sulfide) groups is 1. The Kier molecular flexibility index (Phi) is 1.53. The van der Waals surface area contributed by atoms with Crippen molar-refractivity contribution in [2.75, 3.05) is 0 Å². The van der Waals surface area contributed by atoms with Crippen LogP contribution in [-0.2, 0) is 7.05 Å². The van der Waals surface area contributed by atoms with Gasteiger partial charge in [0.15, 0.2) is 0 Å². The van der Waals surface area contributed by atoms with E-state index in [0.29, 0.717) is 0 Å². The fourth-order valence-corrected chi connectivity index (χ4v) is 0.714. The van der Waals surface area contributed by atoms with Gasteiger partial charge in [-0.3, -0.25) is 4.68 Å². The van der Waals surface area contributed by atoms with Crippen molar-refractivity contribution in [2.45, 2.75) is 5.03 Å². The Morgan fingerprint density at radius 1 is 1.88 bits per heavy atom. The van der Waals surface area contributed by atoms with E-state index >= 15 is 0 Å². The third kappa shape index (κ3) is 1.01. The number of aromatic nitrogens is 3. The summed E-state index contributed by atoms with van der Waals surface area (Å²) in [6, 6.07) is 0. The molecule has 0 aromatic carbocycles. The minimum absolute atomic E-state index is 0.854. The van der Waals surface area contributed by atoms with Gasteiger partial charge in [-0.1, -0.05) is 5.21 Å². The van der Waals surface area contributed by atoms with Gasteiger partial charge in [-0.25, -0.2) is 0 Å². The highest BCUT2D eigenvalue weighted by Gasteiger charge is 1.90. The summed E-state index contributed by atoms with van der Waals surface area (Å²) >= 11 is 1.35. The molecule has 0 saturated carbocycles. The zero-order valence-electron chi connectivity index (χ0n) is 4.53. The summed E-state index contributed by atoms with van der Waals surface area (Å²) in [5, 5.41) is 8.30. The van der Waals surface area contributed by atoms with Crippen molar-refractivity contribution in [2.24, 2.45) is 7.05 Å². The quantitative estimate of drug-likeness (QED) is 0.521. The summed E-state index contributed by atoms with van der Waals surface area (Å²) in [7, 11) is 1.83. The molecule has 0 aliphatic heterocycles. The van der Waals surface area contributed by atoms with E-state index in [4.69, 9.17) is 0 Å². The predicted octanol–water partition coefficient (Wildman–Crippen LogP) is 0.699. The van der Waals surface area contributed by atoms with Gasteiger partial charge in [-0.2, -0.15) is 0 Å². The third-order valence-corrected chi connectivity index (χ3v) is 1.21. The van der Waals surface area contributed by atoms with E-state index in [1.165, 1.54) is 11.8 Å². The van der Waals surface area contributed by atoms with Gasteiger partial charge in [0.25, 0.3) is 0 Å². The van der Waals surface area contributed by atoms with Gasteiger partial charge in [-0.15, -0.1) is 16.9 Å². The Morgan fingerprint density at radius 2 is 2.62 bits per heavy atom. The van der Waals surface area contributed by atoms with Crippen LogP contribution in [0.25, 0.3) is 0 Å². The molecular weight excluding hydrogens is 122 g/mol. The van der Waals surface area contributed by atoms with Crippen molar-refractivity contribution in [1.82, 2.24) is 15.0 Å². The van der Waals surface area contributed by atoms with Gasteiger partial charge >= 0.3 is 0 Å². The predicted molar refractivity (Wildman–Crippen MR) is 32.2 cm³/mol. The van der Waals surface area contributed by atoms with Crippen LogP contribution in [0.15, 0.2) is 11.2 Å². The highest BCUT2D eigenvalue weighted by atomic mass is 32.2. The van der Waals surface area contributed by atoms with E-state index < -0.39 is 0 Å². The van der Waals surface area contributed by atoms with Crippen molar-refractivity contribution in [3.8, 4) is 0 Å². The molecular formula is C4H6N3S. The SMILES string of the molecule is [CH2]Sc1cn(C)nn1. The first-order valence-corrected chi connectivity index (χ1v) is 3.10. The number of hydrogen-bond acceptors (Lipinski definition) is 3. The Hall–Kier alpha value is -0.510. The maximum Gasteiger partial charge on any atom is 0.138 e. The van der Waals surface area contributed by atoms with Gasteiger partial charge in [0.2, 0.25) is 0 Å². The normalized spacial score (nSPS) is 9.75. The first-order valence-electron chi connectivity index (χ1n) is 2.11. The standard InChI is InChI=1S/C4H6N3S/c1-7-3-4(8-2)5-6-7/h3H,2H2,1H3. The van der Waals surface area contributed by atoms with Crippen molar-refractivity contribution in [3.05, 3.63) is 12.5 Å². The smallest absolute Gasteiger partial charge is 0.138 e. The maximum atomic E-state index is 3.75. The number of aryl methyl sites for hydroxylation is 1. The van der Waals surface area contributed by atoms with Gasteiger partial charge in [0.05, 0.1) is 6.20 Å². The zero-order valence-corrected chi connectivity index (χ0v) is 5.35. The summed E-state index contributed by atoms with van der Waals surface area (Å²) in [6.45, 7) is 0. The molecule has 1 radical (unpaired) electrons. The van der Waals surface area contributed by atoms with E-state index in [9.17, 15) is 0 Å². The third-order valence-electron chi connectivity index (χ3n) is 0.730. The Balaban J connectivity index is 2.84. The highest BCUT2D eigenvalue weighted by molar-refractivity contribution is 8.00. The second kappa shape index (κ2) is 2.17. The fourth-order valence-electron chi connectivity index (χ4n) is 0.392. The van der Waals surface area contributed by atoms with E-state index in [0.717, 1.165) is 5.03 Å². The maximum absolute atomic E-state index is 3.75. The lowest BCUT2D eigenvalue weighted by atomic mass is 10.9. The van der Waals surface area contributed by atoms with Crippen LogP contribution in [0.1, 0.15) is 0 Å². The van der Waals surface area contributed by atoms with Gasteiger partial charge in [0.1, 0.15) is 5.03 Å². The molecule has 3 nitrogen and oxygen atoms in total. The highest BCUT2D eigenvalue weighted by Crippen LogP contribution is 2.08. The van der Waals surface area contributed by atoms with Gasteiger partial charge < -0.3 is 0 Å². The molecule has 1 rings (SSSR count). The van der Waals surface area contributed by atoms with Crippen molar-refractivity contribution >= 4 is 11.8 Å². The second-order valence-electron chi connectivity index (χ2n) is 1.37. The molecule has 0 saturated heterocycles. The van der Waals surface area contributed by atoms with Crippen LogP contribution < -0.4 is 0 Å². The molecule has 4 heteroatoms. The molecule has 0 atom stereocenters.